The van der Waals surface area contributed by atoms with Crippen molar-refractivity contribution in [2.75, 3.05) is 4.90 Å². The van der Waals surface area contributed by atoms with E-state index in [9.17, 15) is 0 Å². The van der Waals surface area contributed by atoms with Gasteiger partial charge in [-0.25, -0.2) is 0 Å². The van der Waals surface area contributed by atoms with Crippen molar-refractivity contribution in [1.82, 2.24) is 0 Å². The molecule has 0 spiro atoms. The Bertz CT molecular complexity index is 3660. The van der Waals surface area contributed by atoms with Gasteiger partial charge in [-0.2, -0.15) is 0 Å². The molecule has 3 aliphatic carbocycles. The first-order valence-corrected chi connectivity index (χ1v) is 23.0. The lowest BCUT2D eigenvalue weighted by Gasteiger charge is -2.35. The molecule has 0 saturated carbocycles. The Kier molecular flexibility index (Phi) is 8.94. The van der Waals surface area contributed by atoms with E-state index >= 15 is 0 Å². The van der Waals surface area contributed by atoms with Crippen molar-refractivity contribution >= 4 is 72.1 Å². The number of rotatable bonds is 7. The highest BCUT2D eigenvalue weighted by molar-refractivity contribution is 6.14. The molecule has 3 nitrogen and oxygen atoms in total. The van der Waals surface area contributed by atoms with Crippen LogP contribution in [0.4, 0.5) is 11.4 Å². The van der Waals surface area contributed by atoms with Crippen LogP contribution >= 0.6 is 0 Å². The van der Waals surface area contributed by atoms with Crippen molar-refractivity contribution in [3.63, 3.8) is 0 Å². The molecular formula is C62H45NO2. The number of nitrogens with zero attached hydrogens (tertiary/aromatic N) is 1. The number of hydrogen-bond acceptors (Lipinski definition) is 3. The lowest BCUT2D eigenvalue weighted by atomic mass is 9.77. The second-order valence-corrected chi connectivity index (χ2v) is 17.8. The maximum absolute atomic E-state index is 6.84. The zero-order chi connectivity index (χ0) is 42.8. The fraction of sp³-hybridized carbons (Fsp3) is 0.0968. The van der Waals surface area contributed by atoms with E-state index in [1.807, 2.05) is 12.1 Å². The molecule has 0 bridgehead atoms. The molecule has 2 heterocycles. The SMILES string of the molecule is C1=CC(C2CC=Cc3ccccc32)=CC(C2=CCC(N(c3ccc(-c4ccc5c(c4)oc4ccccc45)cc3)c3ccccc3-c3cccc4c3oc3cc5ccccc5cc34)C=C2)C1. The Hall–Kier alpha value is -7.88. The van der Waals surface area contributed by atoms with Crippen molar-refractivity contribution in [1.29, 1.82) is 0 Å². The van der Waals surface area contributed by atoms with Crippen molar-refractivity contribution < 1.29 is 8.83 Å². The van der Waals surface area contributed by atoms with Gasteiger partial charge in [-0.15, -0.1) is 0 Å². The van der Waals surface area contributed by atoms with Crippen molar-refractivity contribution in [2.24, 2.45) is 5.92 Å². The van der Waals surface area contributed by atoms with Gasteiger partial charge < -0.3 is 13.7 Å². The molecule has 3 atom stereocenters. The molecule has 3 aliphatic rings. The number of hydrogen-bond donors (Lipinski definition) is 0. The van der Waals surface area contributed by atoms with Crippen LogP contribution in [0.3, 0.4) is 0 Å². The van der Waals surface area contributed by atoms with Gasteiger partial charge in [0, 0.05) is 55.9 Å². The van der Waals surface area contributed by atoms with Crippen LogP contribution in [-0.2, 0) is 0 Å². The molecule has 0 aliphatic heterocycles. The van der Waals surface area contributed by atoms with E-state index in [4.69, 9.17) is 8.83 Å². The Morgan fingerprint density at radius 1 is 0.477 bits per heavy atom. The van der Waals surface area contributed by atoms with E-state index in [2.05, 4.69) is 211 Å². The van der Waals surface area contributed by atoms with Crippen LogP contribution in [0.5, 0.6) is 0 Å². The van der Waals surface area contributed by atoms with Crippen LogP contribution in [0.2, 0.25) is 0 Å². The number of furan rings is 2. The molecule has 65 heavy (non-hydrogen) atoms. The minimum absolute atomic E-state index is 0.0794. The van der Waals surface area contributed by atoms with Crippen LogP contribution in [0, 0.1) is 5.92 Å². The topological polar surface area (TPSA) is 29.5 Å². The van der Waals surface area contributed by atoms with E-state index in [1.165, 1.54) is 33.0 Å². The third kappa shape index (κ3) is 6.49. The Labute approximate surface area is 378 Å². The molecule has 0 N–H and O–H groups in total. The zero-order valence-electron chi connectivity index (χ0n) is 35.9. The molecule has 3 heteroatoms. The van der Waals surface area contributed by atoms with Gasteiger partial charge in [-0.3, -0.25) is 0 Å². The molecule has 0 saturated heterocycles. The van der Waals surface area contributed by atoms with Crippen LogP contribution in [0.25, 0.3) is 83.0 Å². The lowest BCUT2D eigenvalue weighted by Crippen LogP contribution is -2.31. The van der Waals surface area contributed by atoms with Crippen LogP contribution in [0.15, 0.2) is 232 Å². The van der Waals surface area contributed by atoms with Crippen LogP contribution in [0.1, 0.15) is 36.3 Å². The average Bonchev–Trinajstić information content (AvgIpc) is 3.94. The fourth-order valence-corrected chi connectivity index (χ4v) is 10.9. The minimum atomic E-state index is 0.0794. The first-order valence-electron chi connectivity index (χ1n) is 23.0. The molecule has 8 aromatic carbocycles. The normalized spacial score (nSPS) is 18.1. The number of fused-ring (bicyclic) bond motifs is 8. The van der Waals surface area contributed by atoms with Gasteiger partial charge in [-0.1, -0.05) is 170 Å². The summed E-state index contributed by atoms with van der Waals surface area (Å²) in [5.41, 5.74) is 16.0. The summed E-state index contributed by atoms with van der Waals surface area (Å²) in [5.74, 6) is 0.735. The maximum Gasteiger partial charge on any atom is 0.143 e. The molecule has 0 amide bonds. The molecule has 3 unspecified atom stereocenters. The summed E-state index contributed by atoms with van der Waals surface area (Å²) < 4.78 is 13.1. The van der Waals surface area contributed by atoms with Crippen molar-refractivity contribution in [3.05, 3.63) is 235 Å². The second-order valence-electron chi connectivity index (χ2n) is 17.8. The van der Waals surface area contributed by atoms with Gasteiger partial charge in [0.15, 0.2) is 0 Å². The average molecular weight is 836 g/mol. The molecule has 10 aromatic rings. The third-order valence-corrected chi connectivity index (χ3v) is 14.1. The first kappa shape index (κ1) is 37.7. The maximum atomic E-state index is 6.84. The first-order chi connectivity index (χ1) is 32.2. The molecule has 310 valence electrons. The van der Waals surface area contributed by atoms with Gasteiger partial charge >= 0.3 is 0 Å². The highest BCUT2D eigenvalue weighted by Gasteiger charge is 2.28. The molecule has 0 fully saturated rings. The van der Waals surface area contributed by atoms with E-state index in [1.54, 1.807) is 0 Å². The van der Waals surface area contributed by atoms with Gasteiger partial charge in [0.05, 0.1) is 6.04 Å². The zero-order valence-corrected chi connectivity index (χ0v) is 35.9. The smallest absolute Gasteiger partial charge is 0.143 e. The van der Waals surface area contributed by atoms with E-state index in [0.717, 1.165) is 96.8 Å². The van der Waals surface area contributed by atoms with Gasteiger partial charge in [0.25, 0.3) is 0 Å². The summed E-state index contributed by atoms with van der Waals surface area (Å²) in [7, 11) is 0. The summed E-state index contributed by atoms with van der Waals surface area (Å²) in [4.78, 5) is 2.54. The van der Waals surface area contributed by atoms with Crippen LogP contribution < -0.4 is 4.90 Å². The summed E-state index contributed by atoms with van der Waals surface area (Å²) >= 11 is 0. The Morgan fingerprint density at radius 3 is 2.12 bits per heavy atom. The highest BCUT2D eigenvalue weighted by atomic mass is 16.3. The largest absolute Gasteiger partial charge is 0.456 e. The molecular weight excluding hydrogens is 791 g/mol. The van der Waals surface area contributed by atoms with Gasteiger partial charge in [-0.05, 0) is 112 Å². The van der Waals surface area contributed by atoms with Gasteiger partial charge in [0.2, 0.25) is 0 Å². The summed E-state index contributed by atoms with van der Waals surface area (Å²) in [6.45, 7) is 0. The molecule has 13 rings (SSSR count). The summed E-state index contributed by atoms with van der Waals surface area (Å²) in [6.07, 6.45) is 22.2. The second kappa shape index (κ2) is 15.4. The van der Waals surface area contributed by atoms with Crippen LogP contribution in [-0.4, -0.2) is 6.04 Å². The predicted octanol–water partition coefficient (Wildman–Crippen LogP) is 17.1. The third-order valence-electron chi connectivity index (χ3n) is 14.1. The monoisotopic (exact) mass is 835 g/mol. The Balaban J connectivity index is 0.886. The molecule has 2 aromatic heterocycles. The van der Waals surface area contributed by atoms with Gasteiger partial charge in [0.1, 0.15) is 22.3 Å². The predicted molar refractivity (Wildman–Crippen MR) is 272 cm³/mol. The quantitative estimate of drug-likeness (QED) is 0.160. The number of para-hydroxylation sites is 3. The summed E-state index contributed by atoms with van der Waals surface area (Å²) in [5, 5.41) is 6.94. The Morgan fingerprint density at radius 2 is 1.22 bits per heavy atom. The van der Waals surface area contributed by atoms with E-state index < -0.39 is 0 Å². The number of benzene rings is 8. The summed E-state index contributed by atoms with van der Waals surface area (Å²) in [6, 6.07) is 61.3. The standard InChI is InChI=1S/C62H45NO2/c1-2-14-45-38-61-57(37-44(45)13-1)56-23-11-22-55(62(56)65-61)52-19-5-7-24-58(52)63(49-33-28-41(29-34-49)46-30-35-54-53-20-6-8-25-59(53)64-60(54)39-46)48-31-26-40(27-32-48)43-16-9-17-47(36-43)51-21-10-15-42-12-3-4-18-50(42)51/h1-15,17-20,22-31,33-39,43,48,51H,16,21,32H2. The fourth-order valence-electron chi connectivity index (χ4n) is 10.9. The lowest BCUT2D eigenvalue weighted by molar-refractivity contribution is 0.669. The van der Waals surface area contributed by atoms with E-state index in [0.29, 0.717) is 11.8 Å². The number of anilines is 2. The van der Waals surface area contributed by atoms with Crippen molar-refractivity contribution in [3.8, 4) is 22.3 Å². The number of allylic oxidation sites excluding steroid dienone is 7. The highest BCUT2D eigenvalue weighted by Crippen LogP contribution is 2.45. The van der Waals surface area contributed by atoms with E-state index in [-0.39, 0.29) is 6.04 Å². The van der Waals surface area contributed by atoms with Crippen molar-refractivity contribution in [2.45, 2.75) is 31.2 Å². The minimum Gasteiger partial charge on any atom is -0.456 e. The molecule has 0 radical (unpaired) electrons.